The van der Waals surface area contributed by atoms with Crippen molar-refractivity contribution in [2.24, 2.45) is 5.92 Å². The van der Waals surface area contributed by atoms with Gasteiger partial charge in [-0.15, -0.1) is 0 Å². The summed E-state index contributed by atoms with van der Waals surface area (Å²) in [5.74, 6) is 0.254. The molecule has 1 aliphatic carbocycles. The van der Waals surface area contributed by atoms with E-state index in [1.807, 2.05) is 0 Å². The summed E-state index contributed by atoms with van der Waals surface area (Å²) in [7, 11) is 3.44. The number of nitrogens with zero attached hydrogens (tertiary/aromatic N) is 1. The molecule has 2 amide bonds. The first-order chi connectivity index (χ1) is 6.15. The van der Waals surface area contributed by atoms with E-state index in [9.17, 15) is 4.79 Å². The van der Waals surface area contributed by atoms with Gasteiger partial charge in [-0.2, -0.15) is 0 Å². The van der Waals surface area contributed by atoms with Crippen LogP contribution in [0.15, 0.2) is 0 Å². The van der Waals surface area contributed by atoms with E-state index >= 15 is 0 Å². The monoisotopic (exact) mass is 186 g/mol. The Labute approximate surface area is 78.9 Å². The van der Waals surface area contributed by atoms with Crippen LogP contribution < -0.4 is 5.32 Å². The molecule has 0 aromatic heterocycles. The third-order valence-corrected chi connectivity index (χ3v) is 2.61. The maximum Gasteiger partial charge on any atom is 0.317 e. The van der Waals surface area contributed by atoms with Gasteiger partial charge < -0.3 is 15.3 Å². The van der Waals surface area contributed by atoms with Crippen LogP contribution in [0, 0.1) is 5.92 Å². The molecule has 1 rings (SSSR count). The van der Waals surface area contributed by atoms with E-state index in [0.29, 0.717) is 0 Å². The molecule has 0 bridgehead atoms. The van der Waals surface area contributed by atoms with Gasteiger partial charge in [0.25, 0.3) is 0 Å². The Balaban J connectivity index is 2.39. The second kappa shape index (κ2) is 4.46. The Morgan fingerprint density at radius 3 is 2.77 bits per heavy atom. The Bertz CT molecular complexity index is 182. The molecule has 0 aliphatic heterocycles. The SMILES string of the molecule is CN(C)C(=O)NC1CCCC1CO. The summed E-state index contributed by atoms with van der Waals surface area (Å²) < 4.78 is 0. The van der Waals surface area contributed by atoms with Gasteiger partial charge in [0, 0.05) is 32.7 Å². The second-order valence-electron chi connectivity index (χ2n) is 3.82. The number of amides is 2. The normalized spacial score (nSPS) is 27.3. The minimum Gasteiger partial charge on any atom is -0.396 e. The van der Waals surface area contributed by atoms with Crippen molar-refractivity contribution in [2.75, 3.05) is 20.7 Å². The molecule has 76 valence electrons. The third-order valence-electron chi connectivity index (χ3n) is 2.61. The van der Waals surface area contributed by atoms with E-state index < -0.39 is 0 Å². The number of urea groups is 1. The van der Waals surface area contributed by atoms with Crippen molar-refractivity contribution in [3.8, 4) is 0 Å². The standard InChI is InChI=1S/C9H18N2O2/c1-11(2)9(13)10-8-5-3-4-7(8)6-12/h7-8,12H,3-6H2,1-2H3,(H,10,13). The van der Waals surface area contributed by atoms with Crippen LogP contribution in [0.25, 0.3) is 0 Å². The molecule has 4 heteroatoms. The molecule has 1 aliphatic rings. The molecule has 0 radical (unpaired) electrons. The van der Waals surface area contributed by atoms with Gasteiger partial charge in [0.2, 0.25) is 0 Å². The minimum absolute atomic E-state index is 0.0645. The van der Waals surface area contributed by atoms with Gasteiger partial charge in [0.1, 0.15) is 0 Å². The van der Waals surface area contributed by atoms with Gasteiger partial charge >= 0.3 is 6.03 Å². The Kier molecular flexibility index (Phi) is 3.54. The average molecular weight is 186 g/mol. The molecular formula is C9H18N2O2. The first kappa shape index (κ1) is 10.3. The zero-order valence-corrected chi connectivity index (χ0v) is 8.29. The van der Waals surface area contributed by atoms with E-state index in [-0.39, 0.29) is 24.6 Å². The lowest BCUT2D eigenvalue weighted by atomic mass is 10.1. The van der Waals surface area contributed by atoms with Crippen LogP contribution in [0.3, 0.4) is 0 Å². The van der Waals surface area contributed by atoms with Gasteiger partial charge in [-0.05, 0) is 12.8 Å². The number of aliphatic hydroxyl groups is 1. The van der Waals surface area contributed by atoms with Crippen molar-refractivity contribution < 1.29 is 9.90 Å². The summed E-state index contributed by atoms with van der Waals surface area (Å²) in [5, 5.41) is 11.9. The Morgan fingerprint density at radius 2 is 2.23 bits per heavy atom. The topological polar surface area (TPSA) is 52.6 Å². The zero-order valence-electron chi connectivity index (χ0n) is 8.29. The summed E-state index contributed by atoms with van der Waals surface area (Å²) in [6, 6.07) is 0.102. The van der Waals surface area contributed by atoms with E-state index in [2.05, 4.69) is 5.32 Å². The number of rotatable bonds is 2. The molecule has 0 saturated heterocycles. The number of aliphatic hydroxyl groups excluding tert-OH is 1. The van der Waals surface area contributed by atoms with Crippen molar-refractivity contribution in [2.45, 2.75) is 25.3 Å². The number of nitrogens with one attached hydrogen (secondary N) is 1. The molecule has 1 saturated carbocycles. The number of hydrogen-bond acceptors (Lipinski definition) is 2. The predicted octanol–water partition coefficient (Wildman–Crippen LogP) is 0.419. The average Bonchev–Trinajstić information content (AvgIpc) is 2.51. The predicted molar refractivity (Wildman–Crippen MR) is 50.4 cm³/mol. The van der Waals surface area contributed by atoms with Crippen molar-refractivity contribution in [1.82, 2.24) is 10.2 Å². The minimum atomic E-state index is -0.0645. The number of carbonyl (C=O) groups is 1. The highest BCUT2D eigenvalue weighted by Crippen LogP contribution is 2.24. The van der Waals surface area contributed by atoms with Crippen molar-refractivity contribution >= 4 is 6.03 Å². The van der Waals surface area contributed by atoms with Gasteiger partial charge in [-0.1, -0.05) is 6.42 Å². The van der Waals surface area contributed by atoms with Gasteiger partial charge in [-0.3, -0.25) is 0 Å². The Morgan fingerprint density at radius 1 is 1.54 bits per heavy atom. The van der Waals surface area contributed by atoms with Crippen LogP contribution in [-0.2, 0) is 0 Å². The van der Waals surface area contributed by atoms with Crippen molar-refractivity contribution in [3.05, 3.63) is 0 Å². The summed E-state index contributed by atoms with van der Waals surface area (Å²) in [4.78, 5) is 12.8. The van der Waals surface area contributed by atoms with Gasteiger partial charge in [-0.25, -0.2) is 4.79 Å². The van der Waals surface area contributed by atoms with Crippen LogP contribution in [0.1, 0.15) is 19.3 Å². The highest BCUT2D eigenvalue weighted by atomic mass is 16.3. The van der Waals surface area contributed by atoms with Gasteiger partial charge in [0.05, 0.1) is 0 Å². The van der Waals surface area contributed by atoms with Crippen molar-refractivity contribution in [3.63, 3.8) is 0 Å². The lowest BCUT2D eigenvalue weighted by molar-refractivity contribution is 0.188. The first-order valence-corrected chi connectivity index (χ1v) is 4.74. The summed E-state index contributed by atoms with van der Waals surface area (Å²) in [5.41, 5.74) is 0. The molecule has 2 N–H and O–H groups in total. The largest absolute Gasteiger partial charge is 0.396 e. The fraction of sp³-hybridized carbons (Fsp3) is 0.889. The first-order valence-electron chi connectivity index (χ1n) is 4.74. The van der Waals surface area contributed by atoms with Crippen molar-refractivity contribution in [1.29, 1.82) is 0 Å². The fourth-order valence-electron chi connectivity index (χ4n) is 1.73. The molecule has 0 aromatic rings. The van der Waals surface area contributed by atoms with Crippen LogP contribution >= 0.6 is 0 Å². The molecule has 1 fully saturated rings. The molecule has 2 unspecified atom stereocenters. The quantitative estimate of drug-likeness (QED) is 0.656. The highest BCUT2D eigenvalue weighted by molar-refractivity contribution is 5.73. The third kappa shape index (κ3) is 2.59. The molecule has 4 nitrogen and oxygen atoms in total. The molecule has 0 aromatic carbocycles. The van der Waals surface area contributed by atoms with Crippen LogP contribution in [0.5, 0.6) is 0 Å². The lowest BCUT2D eigenvalue weighted by Gasteiger charge is -2.21. The van der Waals surface area contributed by atoms with E-state index in [1.54, 1.807) is 14.1 Å². The number of hydrogen-bond donors (Lipinski definition) is 2. The van der Waals surface area contributed by atoms with E-state index in [4.69, 9.17) is 5.11 Å². The van der Waals surface area contributed by atoms with Crippen LogP contribution in [0.4, 0.5) is 4.79 Å². The maximum atomic E-state index is 11.3. The zero-order chi connectivity index (χ0) is 9.84. The molecule has 2 atom stereocenters. The summed E-state index contributed by atoms with van der Waals surface area (Å²) in [6.45, 7) is 0.179. The second-order valence-corrected chi connectivity index (χ2v) is 3.82. The molecule has 13 heavy (non-hydrogen) atoms. The van der Waals surface area contributed by atoms with E-state index in [1.165, 1.54) is 4.90 Å². The lowest BCUT2D eigenvalue weighted by Crippen LogP contribution is -2.43. The Hall–Kier alpha value is -0.770. The maximum absolute atomic E-state index is 11.3. The van der Waals surface area contributed by atoms with Gasteiger partial charge in [0.15, 0.2) is 0 Å². The van der Waals surface area contributed by atoms with E-state index in [0.717, 1.165) is 19.3 Å². The molecule has 0 heterocycles. The smallest absolute Gasteiger partial charge is 0.317 e. The van der Waals surface area contributed by atoms with Crippen LogP contribution in [0.2, 0.25) is 0 Å². The highest BCUT2D eigenvalue weighted by Gasteiger charge is 2.27. The summed E-state index contributed by atoms with van der Waals surface area (Å²) in [6.07, 6.45) is 3.11. The number of carbonyl (C=O) groups excluding carboxylic acids is 1. The molecular weight excluding hydrogens is 168 g/mol. The fourth-order valence-corrected chi connectivity index (χ4v) is 1.73. The van der Waals surface area contributed by atoms with Crippen LogP contribution in [-0.4, -0.2) is 42.8 Å². The molecule has 0 spiro atoms. The summed E-state index contributed by atoms with van der Waals surface area (Å²) >= 11 is 0.